The van der Waals surface area contributed by atoms with Crippen molar-refractivity contribution in [1.82, 2.24) is 19.5 Å². The Morgan fingerprint density at radius 2 is 1.95 bits per heavy atom. The summed E-state index contributed by atoms with van der Waals surface area (Å²) in [5.41, 5.74) is 1.33. The van der Waals surface area contributed by atoms with Crippen LogP contribution < -0.4 is 5.32 Å². The number of para-hydroxylation sites is 2. The van der Waals surface area contributed by atoms with Gasteiger partial charge in [0.2, 0.25) is 0 Å². The maximum atomic E-state index is 11.8. The number of anilines is 1. The number of hydrogen-bond donors (Lipinski definition) is 1. The zero-order valence-electron chi connectivity index (χ0n) is 9.62. The minimum atomic E-state index is -0.399. The molecule has 3 rings (SSSR count). The van der Waals surface area contributed by atoms with Crippen LogP contribution >= 0.6 is 11.6 Å². The maximum Gasteiger partial charge on any atom is 0.332 e. The molecule has 1 N–H and O–H groups in total. The molecule has 3 aromatic rings. The zero-order valence-corrected chi connectivity index (χ0v) is 10.4. The van der Waals surface area contributed by atoms with Crippen molar-refractivity contribution >= 4 is 34.5 Å². The first-order valence-corrected chi connectivity index (χ1v) is 5.83. The second-order valence-electron chi connectivity index (χ2n) is 3.75. The van der Waals surface area contributed by atoms with Crippen LogP contribution in [0.1, 0.15) is 0 Å². The number of benzene rings is 1. The highest BCUT2D eigenvalue weighted by Gasteiger charge is 2.11. The number of aromatic nitrogens is 4. The summed E-state index contributed by atoms with van der Waals surface area (Å²) in [5, 5.41) is 2.73. The number of rotatable bonds is 1. The van der Waals surface area contributed by atoms with Gasteiger partial charge in [-0.05, 0) is 12.1 Å². The minimum Gasteiger partial charge on any atom is -0.289 e. The molecule has 6 nitrogen and oxygen atoms in total. The zero-order chi connectivity index (χ0) is 13.2. The van der Waals surface area contributed by atoms with Gasteiger partial charge < -0.3 is 0 Å². The molecule has 0 saturated heterocycles. The third-order valence-corrected chi connectivity index (χ3v) is 2.76. The van der Waals surface area contributed by atoms with Crippen molar-refractivity contribution in [3.63, 3.8) is 0 Å². The van der Waals surface area contributed by atoms with E-state index in [1.54, 1.807) is 12.1 Å². The fourth-order valence-electron chi connectivity index (χ4n) is 1.60. The number of hydrogen-bond acceptors (Lipinski definition) is 4. The van der Waals surface area contributed by atoms with Gasteiger partial charge in [-0.15, -0.1) is 0 Å². The molecule has 1 amide bonds. The van der Waals surface area contributed by atoms with E-state index in [9.17, 15) is 4.79 Å². The van der Waals surface area contributed by atoms with E-state index >= 15 is 0 Å². The van der Waals surface area contributed by atoms with Crippen molar-refractivity contribution in [1.29, 1.82) is 0 Å². The summed E-state index contributed by atoms with van der Waals surface area (Å²) in [6.07, 6.45) is 4.42. The minimum absolute atomic E-state index is 0.146. The van der Waals surface area contributed by atoms with Gasteiger partial charge in [-0.2, -0.15) is 0 Å². The van der Waals surface area contributed by atoms with E-state index < -0.39 is 6.03 Å². The second kappa shape index (κ2) is 4.66. The van der Waals surface area contributed by atoms with Crippen LogP contribution in [-0.2, 0) is 0 Å². The highest BCUT2D eigenvalue weighted by molar-refractivity contribution is 6.32. The molecule has 0 spiro atoms. The monoisotopic (exact) mass is 273 g/mol. The largest absolute Gasteiger partial charge is 0.332 e. The highest BCUT2D eigenvalue weighted by Crippen LogP contribution is 2.20. The number of halogens is 1. The molecule has 2 aromatic heterocycles. The van der Waals surface area contributed by atoms with Gasteiger partial charge in [-0.1, -0.05) is 23.7 Å². The summed E-state index contributed by atoms with van der Waals surface area (Å²) in [5.74, 6) is 0.221. The van der Waals surface area contributed by atoms with Crippen LogP contribution in [0, 0.1) is 0 Å². The van der Waals surface area contributed by atoms with Gasteiger partial charge in [-0.25, -0.2) is 19.7 Å². The molecular weight excluding hydrogens is 266 g/mol. The molecule has 7 heteroatoms. The van der Waals surface area contributed by atoms with Gasteiger partial charge in [0, 0.05) is 12.4 Å². The van der Waals surface area contributed by atoms with Crippen molar-refractivity contribution < 1.29 is 4.79 Å². The van der Waals surface area contributed by atoms with Crippen LogP contribution in [0.3, 0.4) is 0 Å². The predicted octanol–water partition coefficient (Wildman–Crippen LogP) is 2.56. The van der Waals surface area contributed by atoms with Crippen LogP contribution in [0.2, 0.25) is 5.15 Å². The van der Waals surface area contributed by atoms with E-state index in [0.29, 0.717) is 11.0 Å². The summed E-state index contributed by atoms with van der Waals surface area (Å²) >= 11 is 6.00. The number of amides is 1. The molecule has 0 radical (unpaired) electrons. The molecule has 94 valence electrons. The first-order chi connectivity index (χ1) is 9.24. The normalized spacial score (nSPS) is 10.6. The average Bonchev–Trinajstić information content (AvgIpc) is 2.93. The molecule has 1 aromatic carbocycles. The van der Waals surface area contributed by atoms with Crippen LogP contribution in [0.25, 0.3) is 11.0 Å². The molecule has 0 aliphatic rings. The van der Waals surface area contributed by atoms with Gasteiger partial charge in [-0.3, -0.25) is 9.88 Å². The van der Waals surface area contributed by atoms with Crippen molar-refractivity contribution in [3.8, 4) is 0 Å². The van der Waals surface area contributed by atoms with Crippen molar-refractivity contribution in [3.05, 3.63) is 48.1 Å². The van der Waals surface area contributed by atoms with Crippen molar-refractivity contribution in [2.75, 3.05) is 5.32 Å². The lowest BCUT2D eigenvalue weighted by molar-refractivity contribution is 0.253. The summed E-state index contributed by atoms with van der Waals surface area (Å²) in [4.78, 5) is 24.1. The van der Waals surface area contributed by atoms with E-state index in [2.05, 4.69) is 20.3 Å². The predicted molar refractivity (Wildman–Crippen MR) is 71.2 cm³/mol. The Labute approximate surface area is 113 Å². The Morgan fingerprint density at radius 1 is 1.21 bits per heavy atom. The number of carbonyl (C=O) groups is 1. The topological polar surface area (TPSA) is 72.7 Å². The van der Waals surface area contributed by atoms with Crippen LogP contribution in [0.5, 0.6) is 0 Å². The van der Waals surface area contributed by atoms with E-state index in [0.717, 1.165) is 0 Å². The summed E-state index contributed by atoms with van der Waals surface area (Å²) in [6, 6.07) is 6.88. The Balaban J connectivity index is 1.96. The van der Waals surface area contributed by atoms with Gasteiger partial charge in [0.05, 0.1) is 11.0 Å². The fraction of sp³-hybridized carbons (Fsp3) is 0. The number of nitrogens with zero attached hydrogens (tertiary/aromatic N) is 4. The average molecular weight is 274 g/mol. The molecule has 0 saturated carbocycles. The highest BCUT2D eigenvalue weighted by atomic mass is 35.5. The fourth-order valence-corrected chi connectivity index (χ4v) is 1.78. The van der Waals surface area contributed by atoms with Gasteiger partial charge >= 0.3 is 6.03 Å². The summed E-state index contributed by atoms with van der Waals surface area (Å²) < 4.78 is 1.28. The third-order valence-electron chi connectivity index (χ3n) is 2.49. The molecular formula is C12H8ClN5O. The molecule has 0 fully saturated rings. The molecule has 19 heavy (non-hydrogen) atoms. The summed E-state index contributed by atoms with van der Waals surface area (Å²) in [7, 11) is 0. The third kappa shape index (κ3) is 2.25. The van der Waals surface area contributed by atoms with Crippen molar-refractivity contribution in [2.45, 2.75) is 0 Å². The van der Waals surface area contributed by atoms with E-state index in [4.69, 9.17) is 11.6 Å². The number of nitrogens with one attached hydrogen (secondary N) is 1. The van der Waals surface area contributed by atoms with Gasteiger partial charge in [0.15, 0.2) is 11.0 Å². The van der Waals surface area contributed by atoms with Crippen LogP contribution in [-0.4, -0.2) is 25.6 Å². The second-order valence-corrected chi connectivity index (χ2v) is 4.11. The molecule has 0 atom stereocenters. The van der Waals surface area contributed by atoms with Gasteiger partial charge in [0.25, 0.3) is 0 Å². The first-order valence-electron chi connectivity index (χ1n) is 5.45. The smallest absolute Gasteiger partial charge is 0.289 e. The quantitative estimate of drug-likeness (QED) is 0.739. The van der Waals surface area contributed by atoms with E-state index in [-0.39, 0.29) is 11.0 Å². The van der Waals surface area contributed by atoms with Crippen LogP contribution in [0.4, 0.5) is 10.6 Å². The SMILES string of the molecule is O=C(Nc1nc2ccccc2nc1Cl)n1ccnc1. The lowest BCUT2D eigenvalue weighted by atomic mass is 10.3. The Morgan fingerprint density at radius 3 is 2.63 bits per heavy atom. The van der Waals surface area contributed by atoms with Gasteiger partial charge in [0.1, 0.15) is 6.33 Å². The first kappa shape index (κ1) is 11.6. The standard InChI is InChI=1S/C12H8ClN5O/c13-10-11(17-12(19)18-6-5-14-7-18)16-9-4-2-1-3-8(9)15-10/h1-7H,(H,16,17,19). The van der Waals surface area contributed by atoms with E-state index in [1.165, 1.54) is 23.3 Å². The lowest BCUT2D eigenvalue weighted by Gasteiger charge is -2.07. The van der Waals surface area contributed by atoms with Crippen molar-refractivity contribution in [2.24, 2.45) is 0 Å². The molecule has 0 aliphatic heterocycles. The molecule has 0 aliphatic carbocycles. The van der Waals surface area contributed by atoms with Crippen LogP contribution in [0.15, 0.2) is 43.0 Å². The lowest BCUT2D eigenvalue weighted by Crippen LogP contribution is -2.19. The Bertz CT molecular complexity index is 741. The molecule has 2 heterocycles. The Kier molecular flexibility index (Phi) is 2.85. The molecule has 0 bridgehead atoms. The number of fused-ring (bicyclic) bond motifs is 1. The summed E-state index contributed by atoms with van der Waals surface area (Å²) in [6.45, 7) is 0. The Hall–Kier alpha value is -2.47. The maximum absolute atomic E-state index is 11.8. The number of imidazole rings is 1. The number of carbonyl (C=O) groups excluding carboxylic acids is 1. The molecule has 0 unspecified atom stereocenters. The van der Waals surface area contributed by atoms with E-state index in [1.807, 2.05) is 12.1 Å².